The Morgan fingerprint density at radius 3 is 1.56 bits per heavy atom. The summed E-state index contributed by atoms with van der Waals surface area (Å²) in [7, 11) is 0. The molecule has 0 saturated heterocycles. The van der Waals surface area contributed by atoms with Gasteiger partial charge in [0.15, 0.2) is 6.29 Å². The van der Waals surface area contributed by atoms with E-state index in [1.165, 1.54) is 13.8 Å². The average Bonchev–Trinajstić information content (AvgIpc) is 1.65. The molecular weight excluding hydrogens is 120 g/mol. The quantitative estimate of drug-likeness (QED) is 0.507. The maximum atomic E-state index is 9.44. The Balaban J connectivity index is 0. The summed E-state index contributed by atoms with van der Waals surface area (Å²) < 4.78 is 0. The molecule has 9 heavy (non-hydrogen) atoms. The van der Waals surface area contributed by atoms with Crippen molar-refractivity contribution in [3.05, 3.63) is 0 Å². The molecule has 0 aromatic heterocycles. The lowest BCUT2D eigenvalue weighted by Crippen LogP contribution is -1.99. The number of rotatable bonds is 1. The fraction of sp³-hybridized carbons (Fsp3) is 0.833. The first-order chi connectivity index (χ1) is 4.00. The van der Waals surface area contributed by atoms with Crippen LogP contribution < -0.4 is 0 Å². The van der Waals surface area contributed by atoms with Gasteiger partial charge in [0.1, 0.15) is 5.78 Å². The maximum absolute atomic E-state index is 9.44. The first-order valence-corrected chi connectivity index (χ1v) is 2.84. The molecule has 0 fully saturated rings. The summed E-state index contributed by atoms with van der Waals surface area (Å²) >= 11 is 0. The molecule has 3 nitrogen and oxygen atoms in total. The molecule has 3 heteroatoms. The number of Topliss-reactive ketones (excluding diaryl/α,β-unsaturated/α-hetero) is 1. The van der Waals surface area contributed by atoms with Gasteiger partial charge in [-0.3, -0.25) is 0 Å². The van der Waals surface area contributed by atoms with E-state index >= 15 is 0 Å². The fourth-order valence-corrected chi connectivity index (χ4v) is 0. The van der Waals surface area contributed by atoms with Gasteiger partial charge in [-0.15, -0.1) is 0 Å². The SMILES string of the molecule is CC(C)=O.CCC(O)O. The Kier molecular flexibility index (Phi) is 9.61. The van der Waals surface area contributed by atoms with Crippen molar-refractivity contribution in [1.82, 2.24) is 0 Å². The van der Waals surface area contributed by atoms with Gasteiger partial charge >= 0.3 is 0 Å². The van der Waals surface area contributed by atoms with Crippen LogP contribution in [0.5, 0.6) is 0 Å². The van der Waals surface area contributed by atoms with Crippen molar-refractivity contribution in [2.75, 3.05) is 0 Å². The Bertz CT molecular complexity index is 64.7. The molecule has 0 aliphatic carbocycles. The molecule has 0 saturated carbocycles. The minimum Gasteiger partial charge on any atom is -0.368 e. The summed E-state index contributed by atoms with van der Waals surface area (Å²) in [5.74, 6) is 0.167. The van der Waals surface area contributed by atoms with Gasteiger partial charge in [-0.05, 0) is 20.3 Å². The van der Waals surface area contributed by atoms with Crippen molar-refractivity contribution in [1.29, 1.82) is 0 Å². The van der Waals surface area contributed by atoms with Gasteiger partial charge in [0.25, 0.3) is 0 Å². The van der Waals surface area contributed by atoms with Crippen molar-refractivity contribution in [3.8, 4) is 0 Å². The monoisotopic (exact) mass is 134 g/mol. The fourth-order valence-electron chi connectivity index (χ4n) is 0. The van der Waals surface area contributed by atoms with Crippen molar-refractivity contribution in [2.24, 2.45) is 0 Å². The summed E-state index contributed by atoms with van der Waals surface area (Å²) in [6.07, 6.45) is -0.699. The topological polar surface area (TPSA) is 57.5 Å². The average molecular weight is 134 g/mol. The van der Waals surface area contributed by atoms with E-state index in [1.807, 2.05) is 0 Å². The van der Waals surface area contributed by atoms with Crippen molar-refractivity contribution in [2.45, 2.75) is 33.5 Å². The molecule has 0 spiro atoms. The van der Waals surface area contributed by atoms with E-state index in [9.17, 15) is 4.79 Å². The first kappa shape index (κ1) is 11.4. The predicted molar refractivity (Wildman–Crippen MR) is 34.9 cm³/mol. The second-order valence-corrected chi connectivity index (χ2v) is 1.80. The molecule has 0 aromatic carbocycles. The number of carbonyl (C=O) groups excluding carboxylic acids is 1. The molecule has 56 valence electrons. The van der Waals surface area contributed by atoms with Gasteiger partial charge in [0.2, 0.25) is 0 Å². The van der Waals surface area contributed by atoms with Gasteiger partial charge in [0, 0.05) is 0 Å². The molecule has 0 unspecified atom stereocenters. The summed E-state index contributed by atoms with van der Waals surface area (Å²) in [6, 6.07) is 0. The Hall–Kier alpha value is -0.410. The number of hydrogen-bond acceptors (Lipinski definition) is 3. The summed E-state index contributed by atoms with van der Waals surface area (Å²) in [5.41, 5.74) is 0. The van der Waals surface area contributed by atoms with E-state index in [2.05, 4.69) is 0 Å². The van der Waals surface area contributed by atoms with Crippen LogP contribution in [0.25, 0.3) is 0 Å². The summed E-state index contributed by atoms with van der Waals surface area (Å²) in [5, 5.41) is 15.8. The van der Waals surface area contributed by atoms with Crippen LogP contribution in [0.2, 0.25) is 0 Å². The largest absolute Gasteiger partial charge is 0.368 e. The number of aliphatic hydroxyl groups is 2. The lowest BCUT2D eigenvalue weighted by molar-refractivity contribution is -0.115. The second kappa shape index (κ2) is 7.59. The highest BCUT2D eigenvalue weighted by Gasteiger charge is 1.83. The van der Waals surface area contributed by atoms with E-state index < -0.39 is 6.29 Å². The van der Waals surface area contributed by atoms with Crippen LogP contribution in [-0.2, 0) is 4.79 Å². The van der Waals surface area contributed by atoms with Crippen LogP contribution in [0, 0.1) is 0 Å². The van der Waals surface area contributed by atoms with Crippen LogP contribution in [-0.4, -0.2) is 22.3 Å². The molecular formula is C6H14O3. The van der Waals surface area contributed by atoms with Crippen LogP contribution in [0.15, 0.2) is 0 Å². The lowest BCUT2D eigenvalue weighted by atomic mass is 10.5. The second-order valence-electron chi connectivity index (χ2n) is 1.80. The van der Waals surface area contributed by atoms with E-state index in [1.54, 1.807) is 6.92 Å². The minimum absolute atomic E-state index is 0.167. The highest BCUT2D eigenvalue weighted by Crippen LogP contribution is 1.77. The first-order valence-electron chi connectivity index (χ1n) is 2.84. The lowest BCUT2D eigenvalue weighted by Gasteiger charge is -1.90. The number of ketones is 1. The molecule has 0 radical (unpaired) electrons. The molecule has 0 bridgehead atoms. The molecule has 0 amide bonds. The normalized spacial score (nSPS) is 8.22. The van der Waals surface area contributed by atoms with Gasteiger partial charge in [-0.25, -0.2) is 0 Å². The molecule has 0 aliphatic heterocycles. The maximum Gasteiger partial charge on any atom is 0.151 e. The standard InChI is InChI=1S/C3H8O2.C3H6O/c1-2-3(4)5;1-3(2)4/h3-5H,2H2,1H3;1-2H3. The number of carbonyl (C=O) groups is 1. The Labute approximate surface area is 55.3 Å². The third kappa shape index (κ3) is 93.8. The minimum atomic E-state index is -1.12. The van der Waals surface area contributed by atoms with Gasteiger partial charge in [0.05, 0.1) is 0 Å². The van der Waals surface area contributed by atoms with E-state index in [0.717, 1.165) is 0 Å². The van der Waals surface area contributed by atoms with Crippen LogP contribution in [0.4, 0.5) is 0 Å². The van der Waals surface area contributed by atoms with E-state index in [-0.39, 0.29) is 5.78 Å². The molecule has 0 aromatic rings. The van der Waals surface area contributed by atoms with E-state index in [0.29, 0.717) is 6.42 Å². The molecule has 2 N–H and O–H groups in total. The summed E-state index contributed by atoms with van der Waals surface area (Å²) in [4.78, 5) is 9.44. The highest BCUT2D eigenvalue weighted by molar-refractivity contribution is 5.72. The van der Waals surface area contributed by atoms with E-state index in [4.69, 9.17) is 10.2 Å². The highest BCUT2D eigenvalue weighted by atomic mass is 16.5. The van der Waals surface area contributed by atoms with Crippen molar-refractivity contribution < 1.29 is 15.0 Å². The zero-order valence-corrected chi connectivity index (χ0v) is 6.09. The van der Waals surface area contributed by atoms with Crippen molar-refractivity contribution in [3.63, 3.8) is 0 Å². The molecule has 0 aliphatic rings. The number of hydrogen-bond donors (Lipinski definition) is 2. The third-order valence-corrected chi connectivity index (χ3v) is 0.365. The van der Waals surface area contributed by atoms with Gasteiger partial charge < -0.3 is 15.0 Å². The Morgan fingerprint density at radius 2 is 1.56 bits per heavy atom. The van der Waals surface area contributed by atoms with Crippen LogP contribution in [0.1, 0.15) is 27.2 Å². The predicted octanol–water partition coefficient (Wildman–Crippen LogP) is 0.302. The molecule has 0 heterocycles. The van der Waals surface area contributed by atoms with Gasteiger partial charge in [-0.2, -0.15) is 0 Å². The zero-order valence-electron chi connectivity index (χ0n) is 6.09. The Morgan fingerprint density at radius 1 is 1.44 bits per heavy atom. The van der Waals surface area contributed by atoms with Crippen LogP contribution in [0.3, 0.4) is 0 Å². The molecule has 0 rings (SSSR count). The van der Waals surface area contributed by atoms with Crippen molar-refractivity contribution >= 4 is 5.78 Å². The number of aliphatic hydroxyl groups excluding tert-OH is 1. The van der Waals surface area contributed by atoms with Gasteiger partial charge in [-0.1, -0.05) is 6.92 Å². The summed E-state index contributed by atoms with van der Waals surface area (Å²) in [6.45, 7) is 4.75. The van der Waals surface area contributed by atoms with Crippen LogP contribution >= 0.6 is 0 Å². The molecule has 0 atom stereocenters. The zero-order chi connectivity index (χ0) is 7.86. The smallest absolute Gasteiger partial charge is 0.151 e. The third-order valence-electron chi connectivity index (χ3n) is 0.365.